The second kappa shape index (κ2) is 5.94. The van der Waals surface area contributed by atoms with Gasteiger partial charge in [-0.3, -0.25) is 0 Å². The fraction of sp³-hybridized carbons (Fsp3) is 0.308. The molecule has 0 saturated carbocycles. The van der Waals surface area contributed by atoms with E-state index >= 15 is 0 Å². The van der Waals surface area contributed by atoms with E-state index in [0.717, 1.165) is 0 Å². The molecule has 92 valence electrons. The molecule has 0 atom stereocenters. The van der Waals surface area contributed by atoms with Gasteiger partial charge in [0, 0.05) is 19.2 Å². The van der Waals surface area contributed by atoms with E-state index < -0.39 is 5.97 Å². The SMILES string of the molecule is C=CCN(CC)c1cc(OC)ccc1C(=O)O. The number of methoxy groups -OCH3 is 1. The van der Waals surface area contributed by atoms with Crippen molar-refractivity contribution in [3.63, 3.8) is 0 Å². The molecule has 1 rings (SSSR count). The number of hydrogen-bond acceptors (Lipinski definition) is 3. The quantitative estimate of drug-likeness (QED) is 0.769. The zero-order valence-electron chi connectivity index (χ0n) is 10.1. The molecule has 0 spiro atoms. The van der Waals surface area contributed by atoms with Crippen molar-refractivity contribution in [1.29, 1.82) is 0 Å². The summed E-state index contributed by atoms with van der Waals surface area (Å²) in [5.41, 5.74) is 0.925. The van der Waals surface area contributed by atoms with Crippen LogP contribution in [0.2, 0.25) is 0 Å². The van der Waals surface area contributed by atoms with Crippen LogP contribution in [0.15, 0.2) is 30.9 Å². The van der Waals surface area contributed by atoms with Gasteiger partial charge in [-0.05, 0) is 19.1 Å². The number of rotatable bonds is 6. The minimum Gasteiger partial charge on any atom is -0.497 e. The highest BCUT2D eigenvalue weighted by atomic mass is 16.5. The molecular weight excluding hydrogens is 218 g/mol. The molecule has 0 aromatic heterocycles. The normalized spacial score (nSPS) is 9.76. The fourth-order valence-corrected chi connectivity index (χ4v) is 1.63. The van der Waals surface area contributed by atoms with Crippen LogP contribution in [0.4, 0.5) is 5.69 Å². The van der Waals surface area contributed by atoms with Crippen molar-refractivity contribution in [3.8, 4) is 5.75 Å². The number of nitrogens with zero attached hydrogens (tertiary/aromatic N) is 1. The molecule has 1 N–H and O–H groups in total. The Morgan fingerprint density at radius 3 is 2.76 bits per heavy atom. The fourth-order valence-electron chi connectivity index (χ4n) is 1.63. The number of hydrogen-bond donors (Lipinski definition) is 1. The van der Waals surface area contributed by atoms with E-state index in [0.29, 0.717) is 24.5 Å². The third-order valence-corrected chi connectivity index (χ3v) is 2.51. The Balaban J connectivity index is 3.23. The van der Waals surface area contributed by atoms with Gasteiger partial charge in [0.25, 0.3) is 0 Å². The summed E-state index contributed by atoms with van der Waals surface area (Å²) in [5.74, 6) is -0.294. The number of likely N-dealkylation sites (N-methyl/N-ethyl adjacent to an activating group) is 1. The van der Waals surface area contributed by atoms with E-state index in [4.69, 9.17) is 9.84 Å². The van der Waals surface area contributed by atoms with Crippen LogP contribution in [-0.2, 0) is 0 Å². The van der Waals surface area contributed by atoms with Crippen molar-refractivity contribution < 1.29 is 14.6 Å². The van der Waals surface area contributed by atoms with Gasteiger partial charge in [0.15, 0.2) is 0 Å². The molecule has 17 heavy (non-hydrogen) atoms. The first-order valence-electron chi connectivity index (χ1n) is 5.41. The summed E-state index contributed by atoms with van der Waals surface area (Å²) in [6, 6.07) is 4.94. The van der Waals surface area contributed by atoms with Gasteiger partial charge in [-0.2, -0.15) is 0 Å². The predicted octanol–water partition coefficient (Wildman–Crippen LogP) is 2.41. The summed E-state index contributed by atoms with van der Waals surface area (Å²) in [4.78, 5) is 13.1. The molecule has 1 aromatic carbocycles. The first-order valence-corrected chi connectivity index (χ1v) is 5.41. The molecule has 0 heterocycles. The van der Waals surface area contributed by atoms with Gasteiger partial charge < -0.3 is 14.7 Å². The van der Waals surface area contributed by atoms with E-state index in [9.17, 15) is 4.79 Å². The summed E-state index contributed by atoms with van der Waals surface area (Å²) >= 11 is 0. The lowest BCUT2D eigenvalue weighted by Crippen LogP contribution is -2.24. The van der Waals surface area contributed by atoms with Gasteiger partial charge in [-0.1, -0.05) is 6.08 Å². The van der Waals surface area contributed by atoms with Crippen LogP contribution >= 0.6 is 0 Å². The average molecular weight is 235 g/mol. The number of anilines is 1. The van der Waals surface area contributed by atoms with E-state index in [1.54, 1.807) is 31.4 Å². The number of carboxylic acid groups (broad SMARTS) is 1. The van der Waals surface area contributed by atoms with Crippen LogP contribution in [0.5, 0.6) is 5.75 Å². The van der Waals surface area contributed by atoms with Gasteiger partial charge in [-0.15, -0.1) is 6.58 Å². The van der Waals surface area contributed by atoms with Crippen molar-refractivity contribution in [1.82, 2.24) is 0 Å². The maximum Gasteiger partial charge on any atom is 0.337 e. The van der Waals surface area contributed by atoms with Crippen molar-refractivity contribution in [2.24, 2.45) is 0 Å². The summed E-state index contributed by atoms with van der Waals surface area (Å²) in [6.07, 6.45) is 1.74. The predicted molar refractivity (Wildman–Crippen MR) is 68.0 cm³/mol. The number of carbonyl (C=O) groups is 1. The molecule has 0 saturated heterocycles. The van der Waals surface area contributed by atoms with Crippen molar-refractivity contribution in [2.75, 3.05) is 25.1 Å². The molecule has 0 aliphatic carbocycles. The lowest BCUT2D eigenvalue weighted by Gasteiger charge is -2.23. The third-order valence-electron chi connectivity index (χ3n) is 2.51. The van der Waals surface area contributed by atoms with E-state index in [2.05, 4.69) is 6.58 Å². The molecule has 0 fully saturated rings. The van der Waals surface area contributed by atoms with E-state index in [1.807, 2.05) is 11.8 Å². The van der Waals surface area contributed by atoms with Crippen LogP contribution in [0.25, 0.3) is 0 Å². The number of aromatic carboxylic acids is 1. The molecule has 0 aliphatic heterocycles. The van der Waals surface area contributed by atoms with Gasteiger partial charge in [-0.25, -0.2) is 4.79 Å². The summed E-state index contributed by atoms with van der Waals surface area (Å²) < 4.78 is 5.12. The lowest BCUT2D eigenvalue weighted by molar-refractivity contribution is 0.0697. The summed E-state index contributed by atoms with van der Waals surface area (Å²) in [7, 11) is 1.56. The highest BCUT2D eigenvalue weighted by Gasteiger charge is 2.15. The Bertz CT molecular complexity index is 415. The third kappa shape index (κ3) is 3.00. The molecule has 4 heteroatoms. The van der Waals surface area contributed by atoms with Crippen molar-refractivity contribution in [2.45, 2.75) is 6.92 Å². The Labute approximate surface area is 101 Å². The van der Waals surface area contributed by atoms with E-state index in [-0.39, 0.29) is 5.56 Å². The number of ether oxygens (including phenoxy) is 1. The van der Waals surface area contributed by atoms with Gasteiger partial charge >= 0.3 is 5.97 Å². The van der Waals surface area contributed by atoms with Crippen molar-refractivity contribution >= 4 is 11.7 Å². The van der Waals surface area contributed by atoms with Gasteiger partial charge in [0.1, 0.15) is 5.75 Å². The molecule has 4 nitrogen and oxygen atoms in total. The smallest absolute Gasteiger partial charge is 0.337 e. The van der Waals surface area contributed by atoms with Crippen LogP contribution in [-0.4, -0.2) is 31.3 Å². The Morgan fingerprint density at radius 2 is 2.29 bits per heavy atom. The number of benzene rings is 1. The zero-order chi connectivity index (χ0) is 12.8. The Morgan fingerprint density at radius 1 is 1.59 bits per heavy atom. The maximum atomic E-state index is 11.2. The molecule has 0 bridgehead atoms. The molecular formula is C13H17NO3. The highest BCUT2D eigenvalue weighted by molar-refractivity contribution is 5.94. The lowest BCUT2D eigenvalue weighted by atomic mass is 10.1. The Hall–Kier alpha value is -1.97. The minimum absolute atomic E-state index is 0.273. The largest absolute Gasteiger partial charge is 0.497 e. The molecule has 0 amide bonds. The monoisotopic (exact) mass is 235 g/mol. The van der Waals surface area contributed by atoms with Crippen LogP contribution < -0.4 is 9.64 Å². The maximum absolute atomic E-state index is 11.2. The summed E-state index contributed by atoms with van der Waals surface area (Å²) in [6.45, 7) is 6.95. The first kappa shape index (κ1) is 13.1. The van der Waals surface area contributed by atoms with Gasteiger partial charge in [0.2, 0.25) is 0 Å². The van der Waals surface area contributed by atoms with Crippen LogP contribution in [0, 0.1) is 0 Å². The zero-order valence-corrected chi connectivity index (χ0v) is 10.1. The van der Waals surface area contributed by atoms with Crippen LogP contribution in [0.1, 0.15) is 17.3 Å². The summed E-state index contributed by atoms with van der Waals surface area (Å²) in [5, 5.41) is 9.15. The molecule has 0 radical (unpaired) electrons. The second-order valence-corrected chi connectivity index (χ2v) is 3.52. The van der Waals surface area contributed by atoms with E-state index in [1.165, 1.54) is 0 Å². The minimum atomic E-state index is -0.940. The standard InChI is InChI=1S/C13H17NO3/c1-4-8-14(5-2)12-9-10(17-3)6-7-11(12)13(15)16/h4,6-7,9H,1,5,8H2,2-3H3,(H,15,16). The molecule has 0 unspecified atom stereocenters. The Kier molecular flexibility index (Phi) is 4.57. The average Bonchev–Trinajstić information content (AvgIpc) is 2.35. The molecule has 1 aromatic rings. The first-order chi connectivity index (χ1) is 8.13. The second-order valence-electron chi connectivity index (χ2n) is 3.52. The number of carboxylic acids is 1. The molecule has 0 aliphatic rings. The highest BCUT2D eigenvalue weighted by Crippen LogP contribution is 2.26. The topological polar surface area (TPSA) is 49.8 Å². The van der Waals surface area contributed by atoms with Crippen LogP contribution in [0.3, 0.4) is 0 Å². The van der Waals surface area contributed by atoms with Crippen molar-refractivity contribution in [3.05, 3.63) is 36.4 Å². The van der Waals surface area contributed by atoms with Gasteiger partial charge in [0.05, 0.1) is 18.4 Å².